The molecule has 1 amide bonds. The summed E-state index contributed by atoms with van der Waals surface area (Å²) in [5.41, 5.74) is -0.410. The van der Waals surface area contributed by atoms with E-state index in [1.807, 2.05) is 34.9 Å². The number of aliphatic carboxylic acids is 1. The second-order valence-corrected chi connectivity index (χ2v) is 8.08. The third kappa shape index (κ3) is 3.25. The van der Waals surface area contributed by atoms with Crippen LogP contribution in [-0.4, -0.2) is 39.7 Å². The first-order valence-electron chi connectivity index (χ1n) is 8.13. The van der Waals surface area contributed by atoms with Crippen molar-refractivity contribution < 1.29 is 14.7 Å². The van der Waals surface area contributed by atoms with E-state index in [0.29, 0.717) is 6.54 Å². The van der Waals surface area contributed by atoms with E-state index in [0.717, 1.165) is 31.4 Å². The molecule has 0 radical (unpaired) electrons. The summed E-state index contributed by atoms with van der Waals surface area (Å²) >= 11 is 1.82. The quantitative estimate of drug-likeness (QED) is 0.839. The van der Waals surface area contributed by atoms with Gasteiger partial charge in [0.25, 0.3) is 0 Å². The van der Waals surface area contributed by atoms with Gasteiger partial charge in [-0.15, -0.1) is 11.8 Å². The number of thioether (sulfide) groups is 1. The highest BCUT2D eigenvalue weighted by molar-refractivity contribution is 7.99. The molecule has 1 aromatic rings. The molecule has 2 fully saturated rings. The molecule has 2 unspecified atom stereocenters. The summed E-state index contributed by atoms with van der Waals surface area (Å²) in [6.45, 7) is 2.28. The third-order valence-electron chi connectivity index (χ3n) is 5.27. The summed E-state index contributed by atoms with van der Waals surface area (Å²) in [6, 6.07) is 10.3. The minimum Gasteiger partial charge on any atom is -0.481 e. The van der Waals surface area contributed by atoms with Crippen LogP contribution < -0.4 is 0 Å². The van der Waals surface area contributed by atoms with Crippen molar-refractivity contribution in [2.75, 3.05) is 12.3 Å². The van der Waals surface area contributed by atoms with Gasteiger partial charge in [0.1, 0.15) is 0 Å². The third-order valence-corrected chi connectivity index (χ3v) is 6.63. The Bertz CT molecular complexity index is 606. The number of carboxylic acid groups (broad SMARTS) is 1. The normalized spacial score (nSPS) is 29.5. The first-order chi connectivity index (χ1) is 10.9. The molecule has 1 N–H and O–H groups in total. The molecular formula is C18H23NO3S. The maximum absolute atomic E-state index is 12.1. The first kappa shape index (κ1) is 16.4. The Kier molecular flexibility index (Phi) is 4.41. The minimum atomic E-state index is -0.801. The van der Waals surface area contributed by atoms with E-state index in [1.165, 1.54) is 4.90 Å². The van der Waals surface area contributed by atoms with Gasteiger partial charge in [0, 0.05) is 24.1 Å². The lowest BCUT2D eigenvalue weighted by molar-refractivity contribution is -0.143. The van der Waals surface area contributed by atoms with Crippen LogP contribution in [0.2, 0.25) is 0 Å². The van der Waals surface area contributed by atoms with Crippen molar-refractivity contribution in [2.45, 2.75) is 49.5 Å². The van der Waals surface area contributed by atoms with Gasteiger partial charge >= 0.3 is 5.97 Å². The maximum Gasteiger partial charge on any atom is 0.305 e. The maximum atomic E-state index is 12.1. The van der Waals surface area contributed by atoms with Crippen LogP contribution >= 0.6 is 11.8 Å². The number of carboxylic acids is 1. The van der Waals surface area contributed by atoms with Gasteiger partial charge < -0.3 is 10.0 Å². The van der Waals surface area contributed by atoms with Crippen molar-refractivity contribution in [2.24, 2.45) is 5.41 Å². The number of amides is 1. The largest absolute Gasteiger partial charge is 0.481 e. The van der Waals surface area contributed by atoms with Crippen molar-refractivity contribution in [3.8, 4) is 0 Å². The topological polar surface area (TPSA) is 57.6 Å². The molecule has 5 heteroatoms. The van der Waals surface area contributed by atoms with Crippen molar-refractivity contribution in [3.05, 3.63) is 30.3 Å². The number of fused-ring (bicyclic) bond motifs is 2. The van der Waals surface area contributed by atoms with Crippen LogP contribution in [0, 0.1) is 5.41 Å². The SMILES string of the molecule is CC(=O)N1CC2(CSc3ccccc3)CCCC1(CC(=O)O)C2. The fourth-order valence-corrected chi connectivity index (χ4v) is 5.59. The summed E-state index contributed by atoms with van der Waals surface area (Å²) in [7, 11) is 0. The highest BCUT2D eigenvalue weighted by Gasteiger charge is 2.57. The minimum absolute atomic E-state index is 0.0136. The monoisotopic (exact) mass is 333 g/mol. The van der Waals surface area contributed by atoms with E-state index in [9.17, 15) is 14.7 Å². The molecular weight excluding hydrogens is 310 g/mol. The number of benzene rings is 1. The zero-order valence-electron chi connectivity index (χ0n) is 13.5. The van der Waals surface area contributed by atoms with E-state index in [2.05, 4.69) is 12.1 Å². The van der Waals surface area contributed by atoms with Crippen LogP contribution in [0.1, 0.15) is 39.0 Å². The second kappa shape index (κ2) is 6.19. The molecule has 2 aliphatic rings. The second-order valence-electron chi connectivity index (χ2n) is 7.03. The van der Waals surface area contributed by atoms with E-state index >= 15 is 0 Å². The Morgan fingerprint density at radius 1 is 1.26 bits per heavy atom. The average molecular weight is 333 g/mol. The van der Waals surface area contributed by atoms with Gasteiger partial charge in [0.2, 0.25) is 5.91 Å². The molecule has 4 nitrogen and oxygen atoms in total. The van der Waals surface area contributed by atoms with Crippen molar-refractivity contribution in [1.82, 2.24) is 4.90 Å². The number of rotatable bonds is 5. The molecule has 1 saturated carbocycles. The fourth-order valence-electron chi connectivity index (χ4n) is 4.43. The average Bonchev–Trinajstić information content (AvgIpc) is 2.73. The summed E-state index contributed by atoms with van der Waals surface area (Å²) < 4.78 is 0. The molecule has 2 atom stereocenters. The zero-order chi connectivity index (χ0) is 16.5. The Labute approximate surface area is 141 Å². The van der Waals surface area contributed by atoms with Crippen molar-refractivity contribution >= 4 is 23.6 Å². The summed E-state index contributed by atoms with van der Waals surface area (Å²) in [5, 5.41) is 9.33. The Morgan fingerprint density at radius 2 is 2.00 bits per heavy atom. The smallest absolute Gasteiger partial charge is 0.305 e. The van der Waals surface area contributed by atoms with Crippen LogP contribution in [0.15, 0.2) is 35.2 Å². The van der Waals surface area contributed by atoms with Crippen LogP contribution in [0.5, 0.6) is 0 Å². The van der Waals surface area contributed by atoms with E-state index in [1.54, 1.807) is 6.92 Å². The van der Waals surface area contributed by atoms with Crippen molar-refractivity contribution in [1.29, 1.82) is 0 Å². The Hall–Kier alpha value is -1.49. The lowest BCUT2D eigenvalue weighted by Crippen LogP contribution is -2.48. The van der Waals surface area contributed by atoms with Gasteiger partial charge in [-0.1, -0.05) is 24.6 Å². The van der Waals surface area contributed by atoms with E-state index in [-0.39, 0.29) is 17.7 Å². The standard InChI is InChI=1S/C18H23NO3S/c1-14(20)19-12-17(13-23-15-6-3-2-4-7-15)8-5-9-18(19,11-17)10-16(21)22/h2-4,6-7H,5,8-13H2,1H3,(H,21,22). The molecule has 1 aromatic carbocycles. The predicted octanol–water partition coefficient (Wildman–Crippen LogP) is 3.41. The Morgan fingerprint density at radius 3 is 2.65 bits per heavy atom. The van der Waals surface area contributed by atoms with Gasteiger partial charge in [0.05, 0.1) is 12.0 Å². The number of likely N-dealkylation sites (tertiary alicyclic amines) is 1. The molecule has 124 valence electrons. The number of hydrogen-bond acceptors (Lipinski definition) is 3. The molecule has 3 rings (SSSR count). The molecule has 0 spiro atoms. The Balaban J connectivity index is 1.80. The zero-order valence-corrected chi connectivity index (χ0v) is 14.3. The van der Waals surface area contributed by atoms with Crippen molar-refractivity contribution in [3.63, 3.8) is 0 Å². The van der Waals surface area contributed by atoms with Crippen LogP contribution in [0.4, 0.5) is 0 Å². The highest BCUT2D eigenvalue weighted by atomic mass is 32.2. The summed E-state index contributed by atoms with van der Waals surface area (Å²) in [4.78, 5) is 26.6. The molecule has 1 saturated heterocycles. The molecule has 23 heavy (non-hydrogen) atoms. The number of carbonyl (C=O) groups excluding carboxylic acids is 1. The van der Waals surface area contributed by atoms with Gasteiger partial charge in [-0.05, 0) is 36.8 Å². The van der Waals surface area contributed by atoms with Crippen LogP contribution in [0.3, 0.4) is 0 Å². The first-order valence-corrected chi connectivity index (χ1v) is 9.11. The van der Waals surface area contributed by atoms with Gasteiger partial charge in [-0.25, -0.2) is 0 Å². The van der Waals surface area contributed by atoms with Gasteiger partial charge in [-0.3, -0.25) is 9.59 Å². The fraction of sp³-hybridized carbons (Fsp3) is 0.556. The van der Waals surface area contributed by atoms with Gasteiger partial charge in [0.15, 0.2) is 0 Å². The number of hydrogen-bond donors (Lipinski definition) is 1. The molecule has 2 bridgehead atoms. The van der Waals surface area contributed by atoms with E-state index < -0.39 is 11.5 Å². The molecule has 0 aromatic heterocycles. The van der Waals surface area contributed by atoms with Crippen LogP contribution in [-0.2, 0) is 9.59 Å². The predicted molar refractivity (Wildman–Crippen MR) is 90.4 cm³/mol. The lowest BCUT2D eigenvalue weighted by Gasteiger charge is -2.40. The van der Waals surface area contributed by atoms with Crippen LogP contribution in [0.25, 0.3) is 0 Å². The van der Waals surface area contributed by atoms with E-state index in [4.69, 9.17) is 0 Å². The van der Waals surface area contributed by atoms with Gasteiger partial charge in [-0.2, -0.15) is 0 Å². The summed E-state index contributed by atoms with van der Waals surface area (Å²) in [5.74, 6) is 0.159. The molecule has 1 heterocycles. The highest BCUT2D eigenvalue weighted by Crippen LogP contribution is 2.54. The molecule has 1 aliphatic carbocycles. The summed E-state index contributed by atoms with van der Waals surface area (Å²) in [6.07, 6.45) is 3.80. The number of nitrogens with zero attached hydrogens (tertiary/aromatic N) is 1. The number of carbonyl (C=O) groups is 2. The lowest BCUT2D eigenvalue weighted by atomic mass is 9.70. The molecule has 1 aliphatic heterocycles.